The van der Waals surface area contributed by atoms with Crippen LogP contribution in [0.15, 0.2) is 30.5 Å². The van der Waals surface area contributed by atoms with Crippen molar-refractivity contribution in [3.8, 4) is 0 Å². The summed E-state index contributed by atoms with van der Waals surface area (Å²) in [5, 5.41) is 12.0. The minimum Gasteiger partial charge on any atom is -0.396 e. The van der Waals surface area contributed by atoms with Crippen molar-refractivity contribution >= 4 is 22.9 Å². The second-order valence-electron chi connectivity index (χ2n) is 6.62. The summed E-state index contributed by atoms with van der Waals surface area (Å²) < 4.78 is 0. The smallest absolute Gasteiger partial charge is 0.0897 e. The second kappa shape index (κ2) is 7.31. The lowest BCUT2D eigenvalue weighted by Crippen LogP contribution is -2.46. The molecule has 3 nitrogen and oxygen atoms in total. The highest BCUT2D eigenvalue weighted by molar-refractivity contribution is 7.11. The molecule has 1 aliphatic heterocycles. The van der Waals surface area contributed by atoms with Crippen LogP contribution in [0.1, 0.15) is 28.3 Å². The number of hydrogen-bond acceptors (Lipinski definition) is 4. The molecule has 5 heteroatoms. The van der Waals surface area contributed by atoms with E-state index < -0.39 is 0 Å². The third-order valence-electron chi connectivity index (χ3n) is 4.59. The molecule has 0 saturated carbocycles. The number of benzene rings is 1. The molecule has 0 radical (unpaired) electrons. The lowest BCUT2D eigenvalue weighted by Gasteiger charge is -2.42. The Balaban J connectivity index is 1.70. The number of hydrogen-bond donors (Lipinski definition) is 1. The average molecular weight is 351 g/mol. The van der Waals surface area contributed by atoms with Gasteiger partial charge in [0.2, 0.25) is 0 Å². The molecule has 3 rings (SSSR count). The van der Waals surface area contributed by atoms with Crippen LogP contribution in [0.3, 0.4) is 0 Å². The van der Waals surface area contributed by atoms with E-state index in [2.05, 4.69) is 16.0 Å². The van der Waals surface area contributed by atoms with Crippen molar-refractivity contribution in [3.05, 3.63) is 50.9 Å². The molecule has 1 aromatic carbocycles. The van der Waals surface area contributed by atoms with Gasteiger partial charge in [0.25, 0.3) is 0 Å². The Morgan fingerprint density at radius 1 is 1.43 bits per heavy atom. The predicted octanol–water partition coefficient (Wildman–Crippen LogP) is 3.92. The van der Waals surface area contributed by atoms with Gasteiger partial charge in [-0.2, -0.15) is 0 Å². The molecule has 23 heavy (non-hydrogen) atoms. The third kappa shape index (κ3) is 4.32. The summed E-state index contributed by atoms with van der Waals surface area (Å²) in [5.74, 6) is 0. The van der Waals surface area contributed by atoms with Gasteiger partial charge < -0.3 is 5.11 Å². The monoisotopic (exact) mass is 350 g/mol. The van der Waals surface area contributed by atoms with Gasteiger partial charge in [0.1, 0.15) is 0 Å². The van der Waals surface area contributed by atoms with Crippen molar-refractivity contribution in [2.45, 2.75) is 32.7 Å². The number of piperidine rings is 1. The van der Waals surface area contributed by atoms with Gasteiger partial charge in [-0.3, -0.25) is 4.90 Å². The zero-order valence-electron chi connectivity index (χ0n) is 13.5. The Bertz CT molecular complexity index is 660. The van der Waals surface area contributed by atoms with E-state index in [0.717, 1.165) is 48.9 Å². The summed E-state index contributed by atoms with van der Waals surface area (Å²) in [6.45, 7) is 5.21. The summed E-state index contributed by atoms with van der Waals surface area (Å²) in [6, 6.07) is 8.01. The summed E-state index contributed by atoms with van der Waals surface area (Å²) in [4.78, 5) is 8.10. The summed E-state index contributed by atoms with van der Waals surface area (Å²) in [7, 11) is 0. The maximum Gasteiger partial charge on any atom is 0.0897 e. The molecular weight excluding hydrogens is 328 g/mol. The number of halogens is 1. The third-order valence-corrected chi connectivity index (χ3v) is 5.73. The van der Waals surface area contributed by atoms with Crippen LogP contribution >= 0.6 is 22.9 Å². The maximum atomic E-state index is 10.1. The van der Waals surface area contributed by atoms with E-state index in [1.54, 1.807) is 11.3 Å². The number of aliphatic hydroxyl groups excluding tert-OH is 1. The number of rotatable bonds is 5. The van der Waals surface area contributed by atoms with E-state index in [9.17, 15) is 5.11 Å². The van der Waals surface area contributed by atoms with Crippen LogP contribution in [-0.2, 0) is 13.0 Å². The predicted molar refractivity (Wildman–Crippen MR) is 96.0 cm³/mol. The molecule has 1 saturated heterocycles. The van der Waals surface area contributed by atoms with Crippen molar-refractivity contribution in [3.63, 3.8) is 0 Å². The van der Waals surface area contributed by atoms with Gasteiger partial charge in [0, 0.05) is 34.6 Å². The molecule has 0 amide bonds. The largest absolute Gasteiger partial charge is 0.396 e. The molecule has 1 atom stereocenters. The van der Waals surface area contributed by atoms with E-state index in [4.69, 9.17) is 11.6 Å². The minimum atomic E-state index is -0.0668. The second-order valence-corrected chi connectivity index (χ2v) is 8.38. The zero-order valence-corrected chi connectivity index (χ0v) is 15.0. The Hall–Kier alpha value is -0.940. The molecule has 1 fully saturated rings. The Kier molecular flexibility index (Phi) is 5.37. The van der Waals surface area contributed by atoms with Gasteiger partial charge in [0.05, 0.1) is 11.6 Å². The maximum absolute atomic E-state index is 10.1. The molecule has 0 spiro atoms. The van der Waals surface area contributed by atoms with Crippen LogP contribution in [0.4, 0.5) is 0 Å². The lowest BCUT2D eigenvalue weighted by molar-refractivity contribution is 0.0292. The number of aliphatic hydroxyl groups is 1. The molecule has 124 valence electrons. The molecule has 0 aliphatic carbocycles. The topological polar surface area (TPSA) is 36.4 Å². The molecular formula is C18H23ClN2OS. The zero-order chi connectivity index (χ0) is 16.3. The van der Waals surface area contributed by atoms with Gasteiger partial charge >= 0.3 is 0 Å². The molecule has 0 bridgehead atoms. The lowest BCUT2D eigenvalue weighted by atomic mass is 9.75. The molecule has 0 unspecified atom stereocenters. The quantitative estimate of drug-likeness (QED) is 0.887. The molecule has 1 aromatic heterocycles. The van der Waals surface area contributed by atoms with Crippen LogP contribution in [-0.4, -0.2) is 34.7 Å². The van der Waals surface area contributed by atoms with Crippen molar-refractivity contribution in [1.29, 1.82) is 0 Å². The number of likely N-dealkylation sites (tertiary alicyclic amines) is 1. The van der Waals surface area contributed by atoms with Crippen molar-refractivity contribution in [1.82, 2.24) is 9.88 Å². The highest BCUT2D eigenvalue weighted by Gasteiger charge is 2.35. The van der Waals surface area contributed by atoms with Gasteiger partial charge in [-0.1, -0.05) is 23.7 Å². The van der Waals surface area contributed by atoms with E-state index in [0.29, 0.717) is 0 Å². The van der Waals surface area contributed by atoms with Crippen molar-refractivity contribution < 1.29 is 5.11 Å². The summed E-state index contributed by atoms with van der Waals surface area (Å²) >= 11 is 7.87. The fraction of sp³-hybridized carbons (Fsp3) is 0.500. The fourth-order valence-electron chi connectivity index (χ4n) is 3.55. The average Bonchev–Trinajstić information content (AvgIpc) is 2.92. The molecule has 2 aromatic rings. The van der Waals surface area contributed by atoms with Crippen LogP contribution in [0.2, 0.25) is 5.02 Å². The van der Waals surface area contributed by atoms with Crippen LogP contribution < -0.4 is 0 Å². The molecule has 1 N–H and O–H groups in total. The Morgan fingerprint density at radius 3 is 3.00 bits per heavy atom. The van der Waals surface area contributed by atoms with Gasteiger partial charge in [-0.25, -0.2) is 4.98 Å². The van der Waals surface area contributed by atoms with Crippen LogP contribution in [0.25, 0.3) is 0 Å². The first-order chi connectivity index (χ1) is 11.1. The van der Waals surface area contributed by atoms with Crippen molar-refractivity contribution in [2.24, 2.45) is 5.41 Å². The Morgan fingerprint density at radius 2 is 2.30 bits per heavy atom. The Labute approximate surface area is 146 Å². The van der Waals surface area contributed by atoms with Crippen molar-refractivity contribution in [2.75, 3.05) is 19.7 Å². The normalized spacial score (nSPS) is 22.4. The molecule has 1 aliphatic rings. The van der Waals surface area contributed by atoms with E-state index in [1.807, 2.05) is 31.3 Å². The number of thiazole rings is 1. The van der Waals surface area contributed by atoms with E-state index in [1.165, 1.54) is 10.4 Å². The highest BCUT2D eigenvalue weighted by atomic mass is 35.5. The van der Waals surface area contributed by atoms with Gasteiger partial charge in [-0.15, -0.1) is 11.3 Å². The van der Waals surface area contributed by atoms with Crippen LogP contribution in [0, 0.1) is 12.3 Å². The van der Waals surface area contributed by atoms with Gasteiger partial charge in [0.15, 0.2) is 0 Å². The van der Waals surface area contributed by atoms with Gasteiger partial charge in [-0.05, 0) is 50.4 Å². The van der Waals surface area contributed by atoms with E-state index in [-0.39, 0.29) is 12.0 Å². The first-order valence-electron chi connectivity index (χ1n) is 8.08. The fourth-order valence-corrected chi connectivity index (χ4v) is 4.60. The standard InChI is InChI=1S/C18H23ClN2OS/c1-14-20-10-17(23-14)11-21-7-3-6-18(12-21,13-22)9-15-4-2-5-16(19)8-15/h2,4-5,8,10,22H,3,6-7,9,11-13H2,1H3/t18-/m0/s1. The number of nitrogens with zero attached hydrogens (tertiary/aromatic N) is 2. The minimum absolute atomic E-state index is 0.0668. The molecule has 2 heterocycles. The first-order valence-corrected chi connectivity index (χ1v) is 9.27. The number of aromatic nitrogens is 1. The first kappa shape index (κ1) is 16.9. The summed E-state index contributed by atoms with van der Waals surface area (Å²) in [6.07, 6.45) is 5.04. The van der Waals surface area contributed by atoms with E-state index >= 15 is 0 Å². The van der Waals surface area contributed by atoms with Crippen LogP contribution in [0.5, 0.6) is 0 Å². The highest BCUT2D eigenvalue weighted by Crippen LogP contribution is 2.34. The summed E-state index contributed by atoms with van der Waals surface area (Å²) in [5.41, 5.74) is 1.14. The SMILES string of the molecule is Cc1ncc(CN2CCC[C@](CO)(Cc3cccc(Cl)c3)C2)s1. The number of aryl methyl sites for hydroxylation is 1.